The fourth-order valence-corrected chi connectivity index (χ4v) is 2.89. The predicted molar refractivity (Wildman–Crippen MR) is 89.7 cm³/mol. The minimum Gasteiger partial charge on any atom is -0.340 e. The summed E-state index contributed by atoms with van der Waals surface area (Å²) in [5.74, 6) is -0.0735. The number of carbonyl (C=O) groups excluding carboxylic acids is 1. The van der Waals surface area contributed by atoms with Crippen molar-refractivity contribution in [3.8, 4) is 0 Å². The molecule has 0 radical (unpaired) electrons. The number of benzene rings is 1. The summed E-state index contributed by atoms with van der Waals surface area (Å²) in [7, 11) is 0. The maximum absolute atomic E-state index is 12.3. The molecule has 1 aliphatic rings. The van der Waals surface area contributed by atoms with Gasteiger partial charge in [0.2, 0.25) is 5.91 Å². The highest BCUT2D eigenvalue weighted by Crippen LogP contribution is 2.09. The Bertz CT molecular complexity index is 776. The van der Waals surface area contributed by atoms with Crippen LogP contribution in [-0.4, -0.2) is 51.9 Å². The summed E-state index contributed by atoms with van der Waals surface area (Å²) in [5, 5.41) is 0. The molecule has 0 bridgehead atoms. The molecule has 0 aliphatic carbocycles. The first-order chi connectivity index (χ1) is 11.6. The molecular weight excluding hydrogens is 308 g/mol. The molecule has 7 heteroatoms. The van der Waals surface area contributed by atoms with Gasteiger partial charge in [-0.05, 0) is 5.56 Å². The number of aromatic amines is 2. The maximum Gasteiger partial charge on any atom is 0.325 e. The summed E-state index contributed by atoms with van der Waals surface area (Å²) >= 11 is 0. The molecule has 7 nitrogen and oxygen atoms in total. The van der Waals surface area contributed by atoms with Gasteiger partial charge in [0.05, 0.1) is 6.42 Å². The Morgan fingerprint density at radius 2 is 1.71 bits per heavy atom. The molecule has 0 unspecified atom stereocenters. The van der Waals surface area contributed by atoms with Crippen LogP contribution < -0.4 is 11.2 Å². The number of carbonyl (C=O) groups is 1. The Morgan fingerprint density at radius 3 is 2.38 bits per heavy atom. The Morgan fingerprint density at radius 1 is 1.00 bits per heavy atom. The van der Waals surface area contributed by atoms with Crippen molar-refractivity contribution < 1.29 is 4.79 Å². The zero-order chi connectivity index (χ0) is 16.9. The van der Waals surface area contributed by atoms with Crippen molar-refractivity contribution in [3.63, 3.8) is 0 Å². The minimum absolute atomic E-state index is 0.0395. The zero-order valence-electron chi connectivity index (χ0n) is 13.3. The fourth-order valence-electron chi connectivity index (χ4n) is 2.89. The molecule has 1 amide bonds. The van der Waals surface area contributed by atoms with Crippen molar-refractivity contribution in [1.29, 1.82) is 0 Å². The van der Waals surface area contributed by atoms with Gasteiger partial charge in [-0.25, -0.2) is 4.79 Å². The van der Waals surface area contributed by atoms with Crippen LogP contribution >= 0.6 is 0 Å². The molecule has 126 valence electrons. The zero-order valence-corrected chi connectivity index (χ0v) is 13.3. The van der Waals surface area contributed by atoms with E-state index in [4.69, 9.17) is 0 Å². The van der Waals surface area contributed by atoms with E-state index in [0.717, 1.165) is 19.6 Å². The normalized spacial score (nSPS) is 15.4. The second kappa shape index (κ2) is 7.27. The first-order valence-electron chi connectivity index (χ1n) is 7.97. The van der Waals surface area contributed by atoms with E-state index in [2.05, 4.69) is 27.0 Å². The molecule has 24 heavy (non-hydrogen) atoms. The summed E-state index contributed by atoms with van der Waals surface area (Å²) in [5.41, 5.74) is 0.533. The number of rotatable bonds is 4. The van der Waals surface area contributed by atoms with Crippen LogP contribution in [0, 0.1) is 0 Å². The van der Waals surface area contributed by atoms with E-state index >= 15 is 0 Å². The number of piperazine rings is 1. The highest BCUT2D eigenvalue weighted by molar-refractivity contribution is 5.78. The molecule has 2 aromatic rings. The Hall–Kier alpha value is -2.67. The second-order valence-electron chi connectivity index (χ2n) is 5.93. The van der Waals surface area contributed by atoms with Gasteiger partial charge in [0.1, 0.15) is 0 Å². The molecule has 2 heterocycles. The molecule has 3 rings (SSSR count). The quantitative estimate of drug-likeness (QED) is 0.823. The number of hydrogen-bond acceptors (Lipinski definition) is 4. The lowest BCUT2D eigenvalue weighted by Gasteiger charge is -2.34. The number of nitrogens with one attached hydrogen (secondary N) is 2. The third-order valence-corrected chi connectivity index (χ3v) is 4.13. The second-order valence-corrected chi connectivity index (χ2v) is 5.93. The molecule has 0 atom stereocenters. The summed E-state index contributed by atoms with van der Waals surface area (Å²) in [6.07, 6.45) is 0.0395. The molecule has 1 saturated heterocycles. The molecule has 1 fully saturated rings. The van der Waals surface area contributed by atoms with Crippen LogP contribution in [0.4, 0.5) is 0 Å². The van der Waals surface area contributed by atoms with E-state index in [1.54, 1.807) is 4.90 Å². The largest absolute Gasteiger partial charge is 0.340 e. The lowest BCUT2D eigenvalue weighted by Crippen LogP contribution is -2.48. The monoisotopic (exact) mass is 328 g/mol. The average Bonchev–Trinajstić information content (AvgIpc) is 2.55. The Kier molecular flexibility index (Phi) is 4.90. The van der Waals surface area contributed by atoms with E-state index < -0.39 is 11.2 Å². The first kappa shape index (κ1) is 16.2. The molecule has 0 saturated carbocycles. The lowest BCUT2D eigenvalue weighted by atomic mass is 10.2. The fraction of sp³-hybridized carbons (Fsp3) is 0.353. The van der Waals surface area contributed by atoms with Crippen LogP contribution in [0.5, 0.6) is 0 Å². The lowest BCUT2D eigenvalue weighted by molar-refractivity contribution is -0.132. The van der Waals surface area contributed by atoms with Crippen molar-refractivity contribution in [2.24, 2.45) is 0 Å². The average molecular weight is 328 g/mol. The molecule has 0 spiro atoms. The van der Waals surface area contributed by atoms with E-state index in [1.807, 2.05) is 18.2 Å². The van der Waals surface area contributed by atoms with Gasteiger partial charge in [-0.3, -0.25) is 19.5 Å². The maximum atomic E-state index is 12.3. The van der Waals surface area contributed by atoms with Crippen LogP contribution in [0.1, 0.15) is 11.3 Å². The van der Waals surface area contributed by atoms with Gasteiger partial charge < -0.3 is 9.88 Å². The van der Waals surface area contributed by atoms with Crippen molar-refractivity contribution >= 4 is 5.91 Å². The van der Waals surface area contributed by atoms with Gasteiger partial charge in [0, 0.05) is 44.5 Å². The van der Waals surface area contributed by atoms with Crippen LogP contribution in [0.25, 0.3) is 0 Å². The summed E-state index contributed by atoms with van der Waals surface area (Å²) in [6.45, 7) is 3.81. The van der Waals surface area contributed by atoms with Crippen molar-refractivity contribution in [2.45, 2.75) is 13.0 Å². The first-order valence-corrected chi connectivity index (χ1v) is 7.97. The highest BCUT2D eigenvalue weighted by Gasteiger charge is 2.21. The van der Waals surface area contributed by atoms with Gasteiger partial charge in [-0.2, -0.15) is 0 Å². The molecule has 1 aliphatic heterocycles. The van der Waals surface area contributed by atoms with E-state index in [9.17, 15) is 14.4 Å². The van der Waals surface area contributed by atoms with Crippen LogP contribution in [0.3, 0.4) is 0 Å². The van der Waals surface area contributed by atoms with Crippen LogP contribution in [0.15, 0.2) is 46.0 Å². The Labute approximate surface area is 138 Å². The number of amides is 1. The van der Waals surface area contributed by atoms with Gasteiger partial charge in [0.25, 0.3) is 5.56 Å². The van der Waals surface area contributed by atoms with Crippen LogP contribution in [-0.2, 0) is 17.8 Å². The molecule has 2 N–H and O–H groups in total. The predicted octanol–water partition coefficient (Wildman–Crippen LogP) is -0.0499. The third-order valence-electron chi connectivity index (χ3n) is 4.13. The van der Waals surface area contributed by atoms with Crippen molar-refractivity contribution in [1.82, 2.24) is 19.8 Å². The van der Waals surface area contributed by atoms with Crippen molar-refractivity contribution in [2.75, 3.05) is 26.2 Å². The number of H-pyrrole nitrogens is 2. The molecular formula is C17H20N4O3. The Balaban J connectivity index is 1.53. The number of hydrogen-bond donors (Lipinski definition) is 2. The van der Waals surface area contributed by atoms with Gasteiger partial charge >= 0.3 is 5.69 Å². The summed E-state index contributed by atoms with van der Waals surface area (Å²) < 4.78 is 0. The highest BCUT2D eigenvalue weighted by atomic mass is 16.2. The van der Waals surface area contributed by atoms with Gasteiger partial charge in [0.15, 0.2) is 0 Å². The number of nitrogens with zero attached hydrogens (tertiary/aromatic N) is 2. The van der Waals surface area contributed by atoms with Crippen LogP contribution in [0.2, 0.25) is 0 Å². The standard InChI is InChI=1S/C17H20N4O3/c22-15-10-14(18-17(24)19-15)11-16(23)21-8-6-20(7-9-21)12-13-4-2-1-3-5-13/h1-5,10H,6-9,11-12H2,(H2,18,19,22,24). The topological polar surface area (TPSA) is 89.3 Å². The number of aromatic nitrogens is 2. The van der Waals surface area contributed by atoms with E-state index in [0.29, 0.717) is 18.8 Å². The van der Waals surface area contributed by atoms with Gasteiger partial charge in [-0.1, -0.05) is 30.3 Å². The molecule has 1 aromatic heterocycles. The summed E-state index contributed by atoms with van der Waals surface area (Å²) in [4.78, 5) is 43.5. The smallest absolute Gasteiger partial charge is 0.325 e. The summed E-state index contributed by atoms with van der Waals surface area (Å²) in [6, 6.07) is 11.5. The minimum atomic E-state index is -0.585. The SMILES string of the molecule is O=C(Cc1cc(=O)[nH]c(=O)[nH]1)N1CCN(Cc2ccccc2)CC1. The van der Waals surface area contributed by atoms with E-state index in [-0.39, 0.29) is 12.3 Å². The van der Waals surface area contributed by atoms with E-state index in [1.165, 1.54) is 11.6 Å². The van der Waals surface area contributed by atoms with Gasteiger partial charge in [-0.15, -0.1) is 0 Å². The third kappa shape index (κ3) is 4.20. The molecule has 1 aromatic carbocycles. The van der Waals surface area contributed by atoms with Crippen molar-refractivity contribution in [3.05, 3.63) is 68.5 Å².